The topological polar surface area (TPSA) is 72.3 Å². The molecule has 0 aromatic carbocycles. The van der Waals surface area contributed by atoms with Gasteiger partial charge >= 0.3 is 0 Å². The van der Waals surface area contributed by atoms with E-state index in [4.69, 9.17) is 11.5 Å². The van der Waals surface area contributed by atoms with Crippen molar-refractivity contribution in [3.63, 3.8) is 0 Å². The van der Waals surface area contributed by atoms with E-state index in [1.807, 2.05) is 6.92 Å². The van der Waals surface area contributed by atoms with Gasteiger partial charge in [0.1, 0.15) is 0 Å². The maximum atomic E-state index is 9.43. The van der Waals surface area contributed by atoms with Crippen LogP contribution < -0.4 is 11.5 Å². The first kappa shape index (κ1) is 12.1. The van der Waals surface area contributed by atoms with Crippen molar-refractivity contribution in [2.24, 2.45) is 11.5 Å². The van der Waals surface area contributed by atoms with E-state index in [0.717, 1.165) is 6.41 Å². The maximum absolute atomic E-state index is 9.43. The highest BCUT2D eigenvalue weighted by atomic mass is 16.1. The minimum Gasteiger partial charge on any atom is -0.351 e. The summed E-state index contributed by atoms with van der Waals surface area (Å²) in [5.74, 6) is 0. The first-order valence-electron chi connectivity index (χ1n) is 3.12. The summed E-state index contributed by atoms with van der Waals surface area (Å²) in [6.07, 6.45) is 0.750. The Balaban J connectivity index is 0. The van der Waals surface area contributed by atoms with Crippen LogP contribution in [0, 0.1) is 0 Å². The number of hydrogen-bond acceptors (Lipinski definition) is 3. The Morgan fingerprint density at radius 3 is 1.80 bits per heavy atom. The standard InChI is InChI=1S/C3H10N2.C3H7NO/c1-3(5)2-4;1-4(2)3-5/h3H,2,4-5H2,1H3;3H,1-2H3. The Hall–Kier alpha value is -0.610. The van der Waals surface area contributed by atoms with Gasteiger partial charge in [-0.3, -0.25) is 4.79 Å². The van der Waals surface area contributed by atoms with Crippen molar-refractivity contribution in [3.8, 4) is 0 Å². The fourth-order valence-electron chi connectivity index (χ4n) is 0. The predicted octanol–water partition coefficient (Wildman–Crippen LogP) is -1.00. The molecule has 0 aliphatic carbocycles. The molecule has 4 heteroatoms. The Morgan fingerprint density at radius 1 is 1.60 bits per heavy atom. The number of nitrogens with zero attached hydrogens (tertiary/aromatic N) is 1. The third-order valence-electron chi connectivity index (χ3n) is 0.583. The molecule has 4 nitrogen and oxygen atoms in total. The van der Waals surface area contributed by atoms with Crippen molar-refractivity contribution in [2.45, 2.75) is 13.0 Å². The number of rotatable bonds is 2. The van der Waals surface area contributed by atoms with Gasteiger partial charge in [-0.2, -0.15) is 0 Å². The highest BCUT2D eigenvalue weighted by molar-refractivity contribution is 5.45. The van der Waals surface area contributed by atoms with E-state index < -0.39 is 0 Å². The molecule has 0 saturated heterocycles. The lowest BCUT2D eigenvalue weighted by atomic mass is 10.4. The van der Waals surface area contributed by atoms with Gasteiger partial charge in [0.25, 0.3) is 0 Å². The SMILES string of the molecule is CC(N)CN.CN(C)C=O. The average molecular weight is 147 g/mol. The van der Waals surface area contributed by atoms with Crippen LogP contribution in [-0.4, -0.2) is 38.0 Å². The van der Waals surface area contributed by atoms with Crippen molar-refractivity contribution in [1.82, 2.24) is 4.90 Å². The van der Waals surface area contributed by atoms with Crippen molar-refractivity contribution in [1.29, 1.82) is 0 Å². The zero-order valence-electron chi connectivity index (χ0n) is 6.87. The fourth-order valence-corrected chi connectivity index (χ4v) is 0. The molecule has 1 atom stereocenters. The summed E-state index contributed by atoms with van der Waals surface area (Å²) < 4.78 is 0. The van der Waals surface area contributed by atoms with Crippen LogP contribution in [-0.2, 0) is 4.79 Å². The lowest BCUT2D eigenvalue weighted by Gasteiger charge is -1.93. The van der Waals surface area contributed by atoms with Gasteiger partial charge < -0.3 is 16.4 Å². The fraction of sp³-hybridized carbons (Fsp3) is 0.833. The molecule has 0 aliphatic heterocycles. The lowest BCUT2D eigenvalue weighted by Crippen LogP contribution is -2.25. The molecular formula is C6H17N3O. The number of amides is 1. The molecule has 0 aliphatic rings. The third-order valence-corrected chi connectivity index (χ3v) is 0.583. The largest absolute Gasteiger partial charge is 0.351 e. The molecule has 1 unspecified atom stereocenters. The quantitative estimate of drug-likeness (QED) is 0.492. The van der Waals surface area contributed by atoms with Gasteiger partial charge in [-0.15, -0.1) is 0 Å². The molecule has 0 radical (unpaired) electrons. The average Bonchev–Trinajstić information content (AvgIpc) is 1.89. The predicted molar refractivity (Wildman–Crippen MR) is 42.5 cm³/mol. The maximum Gasteiger partial charge on any atom is 0.209 e. The van der Waals surface area contributed by atoms with Gasteiger partial charge in [0.05, 0.1) is 0 Å². The minimum atomic E-state index is 0.162. The zero-order valence-corrected chi connectivity index (χ0v) is 6.87. The normalized spacial score (nSPS) is 10.9. The Labute approximate surface area is 62.2 Å². The second-order valence-electron chi connectivity index (χ2n) is 2.28. The van der Waals surface area contributed by atoms with Gasteiger partial charge in [-0.25, -0.2) is 0 Å². The van der Waals surface area contributed by atoms with Crippen LogP contribution in [0.4, 0.5) is 0 Å². The molecule has 1 amide bonds. The molecular weight excluding hydrogens is 130 g/mol. The van der Waals surface area contributed by atoms with E-state index in [-0.39, 0.29) is 6.04 Å². The number of carbonyl (C=O) groups excluding carboxylic acids is 1. The van der Waals surface area contributed by atoms with Crippen molar-refractivity contribution < 1.29 is 4.79 Å². The lowest BCUT2D eigenvalue weighted by molar-refractivity contribution is -0.115. The van der Waals surface area contributed by atoms with Gasteiger partial charge in [0.2, 0.25) is 6.41 Å². The highest BCUT2D eigenvalue weighted by Crippen LogP contribution is 1.59. The summed E-state index contributed by atoms with van der Waals surface area (Å²) >= 11 is 0. The van der Waals surface area contributed by atoms with Crippen LogP contribution in [0.25, 0.3) is 0 Å². The smallest absolute Gasteiger partial charge is 0.209 e. The Morgan fingerprint density at radius 2 is 1.80 bits per heavy atom. The molecule has 0 saturated carbocycles. The number of hydrogen-bond donors (Lipinski definition) is 2. The molecule has 0 spiro atoms. The molecule has 0 heterocycles. The van der Waals surface area contributed by atoms with Crippen LogP contribution in [0.1, 0.15) is 6.92 Å². The van der Waals surface area contributed by atoms with E-state index in [1.54, 1.807) is 14.1 Å². The third kappa shape index (κ3) is 26.3. The van der Waals surface area contributed by atoms with Crippen LogP contribution in [0.5, 0.6) is 0 Å². The summed E-state index contributed by atoms with van der Waals surface area (Å²) in [6.45, 7) is 2.46. The summed E-state index contributed by atoms with van der Waals surface area (Å²) in [5.41, 5.74) is 10.2. The highest BCUT2D eigenvalue weighted by Gasteiger charge is 1.79. The van der Waals surface area contributed by atoms with Gasteiger partial charge in [-0.1, -0.05) is 0 Å². The van der Waals surface area contributed by atoms with Crippen LogP contribution in [0.3, 0.4) is 0 Å². The molecule has 0 aromatic rings. The zero-order chi connectivity index (χ0) is 8.57. The van der Waals surface area contributed by atoms with Crippen molar-refractivity contribution in [2.75, 3.05) is 20.6 Å². The van der Waals surface area contributed by atoms with Crippen molar-refractivity contribution in [3.05, 3.63) is 0 Å². The molecule has 0 fully saturated rings. The number of nitrogens with two attached hydrogens (primary N) is 2. The molecule has 0 bridgehead atoms. The van der Waals surface area contributed by atoms with E-state index in [2.05, 4.69) is 0 Å². The van der Waals surface area contributed by atoms with Gasteiger partial charge in [0.15, 0.2) is 0 Å². The first-order valence-corrected chi connectivity index (χ1v) is 3.12. The molecule has 10 heavy (non-hydrogen) atoms. The van der Waals surface area contributed by atoms with Gasteiger partial charge in [0, 0.05) is 26.7 Å². The summed E-state index contributed by atoms with van der Waals surface area (Å²) in [5, 5.41) is 0. The van der Waals surface area contributed by atoms with E-state index >= 15 is 0 Å². The summed E-state index contributed by atoms with van der Waals surface area (Å²) in [7, 11) is 3.38. The van der Waals surface area contributed by atoms with Crippen molar-refractivity contribution >= 4 is 6.41 Å². The monoisotopic (exact) mass is 147 g/mol. The van der Waals surface area contributed by atoms with Crippen LogP contribution in [0.2, 0.25) is 0 Å². The summed E-state index contributed by atoms with van der Waals surface area (Å²) in [6, 6.07) is 0.162. The molecule has 62 valence electrons. The molecule has 0 aromatic heterocycles. The first-order chi connectivity index (χ1) is 4.54. The molecule has 0 rings (SSSR count). The molecule has 4 N–H and O–H groups in total. The van der Waals surface area contributed by atoms with E-state index in [9.17, 15) is 4.79 Å². The minimum absolute atomic E-state index is 0.162. The Kier molecular flexibility index (Phi) is 10.2. The number of carbonyl (C=O) groups is 1. The van der Waals surface area contributed by atoms with E-state index in [0.29, 0.717) is 6.54 Å². The van der Waals surface area contributed by atoms with E-state index in [1.165, 1.54) is 4.90 Å². The second-order valence-corrected chi connectivity index (χ2v) is 2.28. The second kappa shape index (κ2) is 8.39. The van der Waals surface area contributed by atoms with Crippen LogP contribution in [0.15, 0.2) is 0 Å². The Bertz CT molecular complexity index is 73.4. The summed E-state index contributed by atoms with van der Waals surface area (Å²) in [4.78, 5) is 10.9. The van der Waals surface area contributed by atoms with Crippen LogP contribution >= 0.6 is 0 Å². The van der Waals surface area contributed by atoms with Gasteiger partial charge in [-0.05, 0) is 6.92 Å².